The van der Waals surface area contributed by atoms with Crippen LogP contribution in [0.3, 0.4) is 0 Å². The molecule has 1 N–H and O–H groups in total. The summed E-state index contributed by atoms with van der Waals surface area (Å²) in [5, 5.41) is 9.87. The largest absolute Gasteiger partial charge is 0.455 e. The van der Waals surface area contributed by atoms with Crippen LogP contribution in [0.15, 0.2) is 0 Å². The lowest BCUT2D eigenvalue weighted by Crippen LogP contribution is -2.56. The van der Waals surface area contributed by atoms with Crippen molar-refractivity contribution >= 4 is 5.97 Å². The Morgan fingerprint density at radius 3 is 2.89 bits per heavy atom. The fourth-order valence-electron chi connectivity index (χ4n) is 2.20. The number of likely N-dealkylation sites (N-methyl/N-ethyl adjacent to an activating group) is 1. The topological polar surface area (TPSA) is 59.0 Å². The van der Waals surface area contributed by atoms with Crippen molar-refractivity contribution in [1.82, 2.24) is 4.90 Å². The molecule has 1 fully saturated rings. The van der Waals surface area contributed by atoms with Gasteiger partial charge in [0.05, 0.1) is 12.1 Å². The third-order valence-corrected chi connectivity index (χ3v) is 3.08. The summed E-state index contributed by atoms with van der Waals surface area (Å²) < 4.78 is 10.5. The Hall–Kier alpha value is -1.09. The van der Waals surface area contributed by atoms with E-state index in [1.165, 1.54) is 6.92 Å². The summed E-state index contributed by atoms with van der Waals surface area (Å²) in [6, 6.07) is -0.0824. The highest BCUT2D eigenvalue weighted by Crippen LogP contribution is 2.25. The molecule has 18 heavy (non-hydrogen) atoms. The second-order valence-electron chi connectivity index (χ2n) is 4.65. The van der Waals surface area contributed by atoms with E-state index >= 15 is 0 Å². The fraction of sp³-hybridized carbons (Fsp3) is 0.769. The van der Waals surface area contributed by atoms with E-state index in [1.54, 1.807) is 0 Å². The number of rotatable bonds is 4. The minimum atomic E-state index is -1.09. The third kappa shape index (κ3) is 3.98. The molecule has 102 valence electrons. The summed E-state index contributed by atoms with van der Waals surface area (Å²) >= 11 is 0. The molecule has 1 unspecified atom stereocenters. The Bertz CT molecular complexity index is 325. The lowest BCUT2D eigenvalue weighted by molar-refractivity contribution is -0.241. The van der Waals surface area contributed by atoms with Gasteiger partial charge in [0.15, 0.2) is 12.4 Å². The molecule has 1 aliphatic heterocycles. The van der Waals surface area contributed by atoms with Gasteiger partial charge in [0.25, 0.3) is 0 Å². The average Bonchev–Trinajstić information content (AvgIpc) is 2.28. The minimum absolute atomic E-state index is 0.0786. The number of carbonyl (C=O) groups excluding carboxylic acids is 1. The quantitative estimate of drug-likeness (QED) is 0.581. The van der Waals surface area contributed by atoms with Gasteiger partial charge in [-0.1, -0.05) is 0 Å². The smallest absolute Gasteiger partial charge is 0.303 e. The van der Waals surface area contributed by atoms with Crippen LogP contribution in [0, 0.1) is 12.3 Å². The average molecular weight is 255 g/mol. The van der Waals surface area contributed by atoms with Crippen LogP contribution in [0.1, 0.15) is 26.7 Å². The first-order valence-electron chi connectivity index (χ1n) is 6.10. The highest BCUT2D eigenvalue weighted by Gasteiger charge is 2.40. The van der Waals surface area contributed by atoms with E-state index in [1.807, 2.05) is 18.9 Å². The van der Waals surface area contributed by atoms with E-state index in [2.05, 4.69) is 5.92 Å². The molecule has 0 aliphatic carbocycles. The second kappa shape index (κ2) is 6.74. The zero-order valence-electron chi connectivity index (χ0n) is 11.1. The second-order valence-corrected chi connectivity index (χ2v) is 4.65. The molecule has 0 spiro atoms. The van der Waals surface area contributed by atoms with Crippen molar-refractivity contribution in [2.45, 2.75) is 51.2 Å². The van der Waals surface area contributed by atoms with Crippen LogP contribution in [0.5, 0.6) is 0 Å². The lowest BCUT2D eigenvalue weighted by atomic mass is 9.98. The van der Waals surface area contributed by atoms with Gasteiger partial charge in [-0.15, -0.1) is 12.3 Å². The maximum absolute atomic E-state index is 11.1. The van der Waals surface area contributed by atoms with Crippen molar-refractivity contribution in [2.24, 2.45) is 0 Å². The van der Waals surface area contributed by atoms with Gasteiger partial charge >= 0.3 is 5.97 Å². The highest BCUT2D eigenvalue weighted by atomic mass is 16.6. The zero-order valence-corrected chi connectivity index (χ0v) is 11.1. The van der Waals surface area contributed by atoms with Gasteiger partial charge in [-0.05, 0) is 20.4 Å². The van der Waals surface area contributed by atoms with Crippen LogP contribution in [-0.4, -0.2) is 54.1 Å². The molecule has 0 aromatic carbocycles. The molecule has 5 heteroatoms. The normalized spacial score (nSPS) is 32.0. The molecule has 0 bridgehead atoms. The Balaban J connectivity index is 2.73. The van der Waals surface area contributed by atoms with Crippen LogP contribution in [0.4, 0.5) is 0 Å². The van der Waals surface area contributed by atoms with E-state index in [4.69, 9.17) is 15.9 Å². The Morgan fingerprint density at radius 2 is 2.33 bits per heavy atom. The highest BCUT2D eigenvalue weighted by molar-refractivity contribution is 5.66. The molecule has 1 aliphatic rings. The number of aliphatic hydroxyl groups is 1. The van der Waals surface area contributed by atoms with Crippen molar-refractivity contribution in [3.63, 3.8) is 0 Å². The van der Waals surface area contributed by atoms with Gasteiger partial charge in [-0.25, -0.2) is 0 Å². The molecule has 0 radical (unpaired) electrons. The lowest BCUT2D eigenvalue weighted by Gasteiger charge is -2.41. The third-order valence-electron chi connectivity index (χ3n) is 3.08. The van der Waals surface area contributed by atoms with Crippen molar-refractivity contribution in [2.75, 3.05) is 13.6 Å². The maximum atomic E-state index is 11.1. The number of hydrogen-bond donors (Lipinski definition) is 1. The van der Waals surface area contributed by atoms with Gasteiger partial charge in [0.2, 0.25) is 0 Å². The van der Waals surface area contributed by atoms with Crippen LogP contribution in [0.2, 0.25) is 0 Å². The minimum Gasteiger partial charge on any atom is -0.455 e. The molecule has 0 amide bonds. The molecule has 4 atom stereocenters. The molecule has 1 rings (SSSR count). The predicted octanol–water partition coefficient (Wildman–Crippen LogP) is 0.369. The standard InChI is InChI=1S/C13H21NO4/c1-5-6-7-14(4)11-8-9(2)17-13(16)12(11)18-10(3)15/h1,9,11-13,16H,6-8H2,2-4H3/t9?,11-,12+,13+/m0/s1. The van der Waals surface area contributed by atoms with E-state index in [0.717, 1.165) is 0 Å². The molecular formula is C13H21NO4. The van der Waals surface area contributed by atoms with Crippen molar-refractivity contribution < 1.29 is 19.4 Å². The SMILES string of the molecule is C#CCCN(C)[C@H]1CC(C)O[C@@H](O)[C@@H]1OC(C)=O. The summed E-state index contributed by atoms with van der Waals surface area (Å²) in [6.45, 7) is 3.90. The van der Waals surface area contributed by atoms with Gasteiger partial charge in [-0.3, -0.25) is 9.69 Å². The molecule has 0 aromatic heterocycles. The number of nitrogens with zero attached hydrogens (tertiary/aromatic N) is 1. The van der Waals surface area contributed by atoms with Crippen molar-refractivity contribution in [3.05, 3.63) is 0 Å². The van der Waals surface area contributed by atoms with Gasteiger partial charge in [-0.2, -0.15) is 0 Å². The van der Waals surface area contributed by atoms with Gasteiger partial charge in [0.1, 0.15) is 0 Å². The van der Waals surface area contributed by atoms with Crippen LogP contribution < -0.4 is 0 Å². The molecule has 0 aromatic rings. The molecule has 1 saturated heterocycles. The number of esters is 1. The van der Waals surface area contributed by atoms with Crippen LogP contribution in [-0.2, 0) is 14.3 Å². The maximum Gasteiger partial charge on any atom is 0.303 e. The van der Waals surface area contributed by atoms with E-state index in [9.17, 15) is 9.90 Å². The Kier molecular flexibility index (Phi) is 5.60. The number of carbonyl (C=O) groups is 1. The molecular weight excluding hydrogens is 234 g/mol. The van der Waals surface area contributed by atoms with Crippen molar-refractivity contribution in [3.8, 4) is 12.3 Å². The van der Waals surface area contributed by atoms with Crippen LogP contribution in [0.25, 0.3) is 0 Å². The number of hydrogen-bond acceptors (Lipinski definition) is 5. The summed E-state index contributed by atoms with van der Waals surface area (Å²) in [6.07, 6.45) is 4.72. The van der Waals surface area contributed by atoms with Crippen LogP contribution >= 0.6 is 0 Å². The number of aliphatic hydroxyl groups excluding tert-OH is 1. The Labute approximate surface area is 108 Å². The van der Waals surface area contributed by atoms with Gasteiger partial charge < -0.3 is 14.6 Å². The summed E-state index contributed by atoms with van der Waals surface area (Å²) in [5.74, 6) is 2.15. The fourth-order valence-corrected chi connectivity index (χ4v) is 2.20. The zero-order chi connectivity index (χ0) is 13.7. The van der Waals surface area contributed by atoms with Crippen molar-refractivity contribution in [1.29, 1.82) is 0 Å². The molecule has 0 saturated carbocycles. The monoisotopic (exact) mass is 255 g/mol. The van der Waals surface area contributed by atoms with Gasteiger partial charge in [0, 0.05) is 19.9 Å². The Morgan fingerprint density at radius 1 is 1.67 bits per heavy atom. The molecule has 5 nitrogen and oxygen atoms in total. The molecule has 1 heterocycles. The summed E-state index contributed by atoms with van der Waals surface area (Å²) in [7, 11) is 1.91. The summed E-state index contributed by atoms with van der Waals surface area (Å²) in [5.41, 5.74) is 0. The number of ether oxygens (including phenoxy) is 2. The van der Waals surface area contributed by atoms with E-state index in [-0.39, 0.29) is 12.1 Å². The van der Waals surface area contributed by atoms with E-state index < -0.39 is 18.4 Å². The van der Waals surface area contributed by atoms with E-state index in [0.29, 0.717) is 19.4 Å². The predicted molar refractivity (Wildman–Crippen MR) is 66.6 cm³/mol. The first-order chi connectivity index (χ1) is 8.45. The first kappa shape index (κ1) is 15.0. The first-order valence-corrected chi connectivity index (χ1v) is 6.10. The number of terminal acetylenes is 1. The summed E-state index contributed by atoms with van der Waals surface area (Å²) in [4.78, 5) is 13.1.